The highest BCUT2D eigenvalue weighted by atomic mass is 16.5. The summed E-state index contributed by atoms with van der Waals surface area (Å²) in [4.78, 5) is 0. The number of quaternary nitrogens is 1. The Balaban J connectivity index is 2.98. The van der Waals surface area contributed by atoms with E-state index in [0.29, 0.717) is 5.59 Å². The number of nitrogens with one attached hydrogen (secondary N) is 1. The van der Waals surface area contributed by atoms with Gasteiger partial charge >= 0.3 is 0 Å². The summed E-state index contributed by atoms with van der Waals surface area (Å²) in [5.74, 6) is 0. The molecule has 7 heavy (non-hydrogen) atoms. The van der Waals surface area contributed by atoms with E-state index in [1.54, 1.807) is 0 Å². The molecule has 0 saturated heterocycles. The van der Waals surface area contributed by atoms with Crippen LogP contribution in [0.5, 0.6) is 0 Å². The van der Waals surface area contributed by atoms with E-state index in [9.17, 15) is 5.21 Å². The Kier molecular flexibility index (Phi) is 3.53. The molecule has 4 heteroatoms. The molecule has 4 N–H and O–H groups in total. The standard InChI is InChI=1S/C3H8N2O2/c1-2-3(6)4-5-7/h2-4,6H,1,5H2. The molecular formula is C3H8N2O2. The molecule has 0 aromatic heterocycles. The number of aliphatic hydroxyl groups excluding tert-OH is 1. The van der Waals surface area contributed by atoms with E-state index < -0.39 is 6.23 Å². The zero-order chi connectivity index (χ0) is 5.70. The molecule has 0 amide bonds. The summed E-state index contributed by atoms with van der Waals surface area (Å²) in [6.45, 7) is 3.21. The molecule has 0 saturated carbocycles. The smallest absolute Gasteiger partial charge is 0.168 e. The van der Waals surface area contributed by atoms with Crippen LogP contribution in [-0.2, 0) is 0 Å². The van der Waals surface area contributed by atoms with Crippen LogP contribution in [-0.4, -0.2) is 11.3 Å². The van der Waals surface area contributed by atoms with Gasteiger partial charge in [0.15, 0.2) is 6.23 Å². The van der Waals surface area contributed by atoms with E-state index in [1.807, 2.05) is 0 Å². The van der Waals surface area contributed by atoms with Gasteiger partial charge in [-0.2, -0.15) is 0 Å². The summed E-state index contributed by atoms with van der Waals surface area (Å²) in [5.41, 5.74) is 2.46. The molecule has 0 aromatic rings. The molecule has 0 bridgehead atoms. The average Bonchev–Trinajstić information content (AvgIpc) is 1.68. The van der Waals surface area contributed by atoms with Crippen molar-refractivity contribution in [1.82, 2.24) is 5.43 Å². The SMILES string of the molecule is C=CC(O)N[NH2+][O-]. The summed E-state index contributed by atoms with van der Waals surface area (Å²) in [6.07, 6.45) is 0.312. The van der Waals surface area contributed by atoms with Crippen molar-refractivity contribution in [1.29, 1.82) is 0 Å². The summed E-state index contributed by atoms with van der Waals surface area (Å²) in [6, 6.07) is 0. The summed E-state index contributed by atoms with van der Waals surface area (Å²) in [7, 11) is 0. The van der Waals surface area contributed by atoms with E-state index in [4.69, 9.17) is 5.11 Å². The fourth-order valence-corrected chi connectivity index (χ4v) is 0.138. The van der Waals surface area contributed by atoms with Crippen LogP contribution < -0.4 is 11.0 Å². The molecule has 0 fully saturated rings. The van der Waals surface area contributed by atoms with E-state index in [1.165, 1.54) is 6.08 Å². The van der Waals surface area contributed by atoms with Crippen molar-refractivity contribution in [2.45, 2.75) is 6.23 Å². The van der Waals surface area contributed by atoms with Crippen LogP contribution in [0.1, 0.15) is 0 Å². The maximum Gasteiger partial charge on any atom is 0.168 e. The normalized spacial score (nSPS) is 13.4. The number of hydrogen-bond acceptors (Lipinski definition) is 3. The molecule has 0 radical (unpaired) electrons. The zero-order valence-electron chi connectivity index (χ0n) is 3.79. The molecule has 0 aliphatic rings. The molecule has 4 nitrogen and oxygen atoms in total. The highest BCUT2D eigenvalue weighted by molar-refractivity contribution is 4.71. The lowest BCUT2D eigenvalue weighted by atomic mass is 10.6. The molecule has 42 valence electrons. The predicted molar refractivity (Wildman–Crippen MR) is 24.6 cm³/mol. The first-order valence-corrected chi connectivity index (χ1v) is 1.81. The maximum atomic E-state index is 9.46. The molecule has 1 atom stereocenters. The van der Waals surface area contributed by atoms with Gasteiger partial charge in [-0.3, -0.25) is 0 Å². The van der Waals surface area contributed by atoms with Crippen LogP contribution in [0.15, 0.2) is 12.7 Å². The van der Waals surface area contributed by atoms with E-state index in [-0.39, 0.29) is 0 Å². The monoisotopic (exact) mass is 104 g/mol. The van der Waals surface area contributed by atoms with Crippen LogP contribution in [0.3, 0.4) is 0 Å². The first-order chi connectivity index (χ1) is 3.31. The Bertz CT molecular complexity index is 56.9. The molecule has 0 aromatic carbocycles. The molecule has 0 spiro atoms. The van der Waals surface area contributed by atoms with E-state index >= 15 is 0 Å². The van der Waals surface area contributed by atoms with Gasteiger partial charge in [0.25, 0.3) is 0 Å². The fraction of sp³-hybridized carbons (Fsp3) is 0.333. The van der Waals surface area contributed by atoms with Crippen molar-refractivity contribution in [2.24, 2.45) is 0 Å². The maximum absolute atomic E-state index is 9.46. The van der Waals surface area contributed by atoms with Crippen molar-refractivity contribution >= 4 is 0 Å². The van der Waals surface area contributed by atoms with Gasteiger partial charge in [0.1, 0.15) is 0 Å². The van der Waals surface area contributed by atoms with Gasteiger partial charge in [-0.25, -0.2) is 0 Å². The van der Waals surface area contributed by atoms with Crippen molar-refractivity contribution in [2.75, 3.05) is 0 Å². The summed E-state index contributed by atoms with van der Waals surface area (Å²) < 4.78 is 0. The Morgan fingerprint density at radius 3 is 2.71 bits per heavy atom. The third-order valence-electron chi connectivity index (χ3n) is 0.462. The van der Waals surface area contributed by atoms with Gasteiger partial charge in [0.2, 0.25) is 0 Å². The van der Waals surface area contributed by atoms with Crippen molar-refractivity contribution in [3.05, 3.63) is 17.9 Å². The first-order valence-electron chi connectivity index (χ1n) is 1.81. The van der Waals surface area contributed by atoms with Gasteiger partial charge in [0.05, 0.1) is 0 Å². The third-order valence-corrected chi connectivity index (χ3v) is 0.462. The minimum Gasteiger partial charge on any atom is -0.615 e. The predicted octanol–water partition coefficient (Wildman–Crippen LogP) is -1.94. The average molecular weight is 104 g/mol. The molecule has 0 aliphatic heterocycles. The first kappa shape index (κ1) is 6.58. The minimum atomic E-state index is -0.905. The quantitative estimate of drug-likeness (QED) is 0.169. The zero-order valence-corrected chi connectivity index (χ0v) is 3.79. The van der Waals surface area contributed by atoms with Gasteiger partial charge in [-0.05, 0) is 6.08 Å². The molecule has 1 unspecified atom stereocenters. The van der Waals surface area contributed by atoms with Crippen LogP contribution in [0.2, 0.25) is 0 Å². The highest BCUT2D eigenvalue weighted by Crippen LogP contribution is 1.66. The van der Waals surface area contributed by atoms with Crippen LogP contribution in [0.4, 0.5) is 0 Å². The van der Waals surface area contributed by atoms with E-state index in [0.717, 1.165) is 0 Å². The second-order valence-electron chi connectivity index (χ2n) is 0.965. The lowest BCUT2D eigenvalue weighted by molar-refractivity contribution is -0.660. The Morgan fingerprint density at radius 1 is 2.00 bits per heavy atom. The number of rotatable bonds is 3. The fourth-order valence-electron chi connectivity index (χ4n) is 0.138. The third kappa shape index (κ3) is 3.41. The van der Waals surface area contributed by atoms with Gasteiger partial charge < -0.3 is 15.9 Å². The Morgan fingerprint density at radius 2 is 2.57 bits per heavy atom. The second kappa shape index (κ2) is 3.76. The summed E-state index contributed by atoms with van der Waals surface area (Å²) >= 11 is 0. The highest BCUT2D eigenvalue weighted by Gasteiger charge is 1.89. The lowest BCUT2D eigenvalue weighted by Crippen LogP contribution is -2.89. The number of aliphatic hydroxyl groups is 1. The number of nitrogens with two attached hydrogens (primary N) is 1. The molecule has 0 heterocycles. The summed E-state index contributed by atoms with van der Waals surface area (Å²) in [5, 5.41) is 17.9. The van der Waals surface area contributed by atoms with Crippen LogP contribution in [0.25, 0.3) is 0 Å². The van der Waals surface area contributed by atoms with Crippen LogP contribution >= 0.6 is 0 Å². The van der Waals surface area contributed by atoms with Crippen LogP contribution in [0, 0.1) is 5.21 Å². The Hall–Kier alpha value is -0.420. The second-order valence-corrected chi connectivity index (χ2v) is 0.965. The largest absolute Gasteiger partial charge is 0.615 e. The van der Waals surface area contributed by atoms with Gasteiger partial charge in [-0.1, -0.05) is 6.58 Å². The minimum absolute atomic E-state index is 0.409. The molecule has 0 rings (SSSR count). The van der Waals surface area contributed by atoms with Crippen molar-refractivity contribution in [3.8, 4) is 0 Å². The van der Waals surface area contributed by atoms with Gasteiger partial charge in [-0.15, -0.1) is 5.43 Å². The Labute approximate surface area is 41.4 Å². The topological polar surface area (TPSA) is 71.9 Å². The molecule has 0 aliphatic carbocycles. The van der Waals surface area contributed by atoms with E-state index in [2.05, 4.69) is 12.0 Å². The van der Waals surface area contributed by atoms with Crippen molar-refractivity contribution < 1.29 is 10.7 Å². The number of hydrogen-bond donors (Lipinski definition) is 3. The van der Waals surface area contributed by atoms with Crippen molar-refractivity contribution in [3.63, 3.8) is 0 Å². The van der Waals surface area contributed by atoms with Gasteiger partial charge in [0, 0.05) is 0 Å². The lowest BCUT2D eigenvalue weighted by Gasteiger charge is -2.05. The molecular weight excluding hydrogens is 96.0 g/mol.